The molecule has 0 aromatic heterocycles. The van der Waals surface area contributed by atoms with Crippen molar-refractivity contribution in [2.24, 2.45) is 0 Å². The summed E-state index contributed by atoms with van der Waals surface area (Å²) in [6, 6.07) is 3.97. The van der Waals surface area contributed by atoms with Gasteiger partial charge >= 0.3 is 0 Å². The van der Waals surface area contributed by atoms with Crippen molar-refractivity contribution in [1.82, 2.24) is 5.32 Å². The molecule has 0 spiro atoms. The lowest BCUT2D eigenvalue weighted by Crippen LogP contribution is -2.29. The van der Waals surface area contributed by atoms with Crippen molar-refractivity contribution < 1.29 is 18.7 Å². The number of fused-ring (bicyclic) bond motifs is 1. The van der Waals surface area contributed by atoms with Gasteiger partial charge in [-0.2, -0.15) is 0 Å². The van der Waals surface area contributed by atoms with Gasteiger partial charge in [0.1, 0.15) is 17.3 Å². The Balaban J connectivity index is 2.19. The van der Waals surface area contributed by atoms with E-state index < -0.39 is 0 Å². The molecule has 1 aromatic carbocycles. The molecule has 1 aliphatic rings. The number of rotatable bonds is 3. The van der Waals surface area contributed by atoms with E-state index in [4.69, 9.17) is 4.74 Å². The van der Waals surface area contributed by atoms with Crippen molar-refractivity contribution >= 4 is 11.7 Å². The first kappa shape index (κ1) is 13.5. The van der Waals surface area contributed by atoms with Gasteiger partial charge in [-0.05, 0) is 38.0 Å². The van der Waals surface area contributed by atoms with E-state index in [1.807, 2.05) is 0 Å². The Morgan fingerprint density at radius 1 is 1.47 bits per heavy atom. The summed E-state index contributed by atoms with van der Waals surface area (Å²) in [5, 5.41) is 2.77. The van der Waals surface area contributed by atoms with Gasteiger partial charge in [0, 0.05) is 5.56 Å². The predicted molar refractivity (Wildman–Crippen MR) is 67.3 cm³/mol. The first-order valence-corrected chi connectivity index (χ1v) is 6.27. The van der Waals surface area contributed by atoms with Crippen LogP contribution in [0.15, 0.2) is 18.2 Å². The summed E-state index contributed by atoms with van der Waals surface area (Å²) in [5.74, 6) is -0.307. The average molecular weight is 265 g/mol. The number of ether oxygens (including phenoxy) is 1. The molecule has 1 amide bonds. The maximum absolute atomic E-state index is 13.3. The van der Waals surface area contributed by atoms with E-state index in [1.54, 1.807) is 6.07 Å². The van der Waals surface area contributed by atoms with Crippen LogP contribution in [-0.2, 0) is 9.59 Å². The molecule has 0 saturated carbocycles. The van der Waals surface area contributed by atoms with Gasteiger partial charge in [-0.15, -0.1) is 0 Å². The van der Waals surface area contributed by atoms with Crippen LogP contribution in [0.3, 0.4) is 0 Å². The second-order valence-corrected chi connectivity index (χ2v) is 4.67. The summed E-state index contributed by atoms with van der Waals surface area (Å²) in [6.07, 6.45) is 1.28. The number of nitrogens with one attached hydrogen (secondary N) is 1. The molecule has 0 fully saturated rings. The molecule has 1 aliphatic heterocycles. The number of ketones is 1. The summed E-state index contributed by atoms with van der Waals surface area (Å²) < 4.78 is 18.8. The van der Waals surface area contributed by atoms with Crippen molar-refractivity contribution in [3.63, 3.8) is 0 Å². The summed E-state index contributed by atoms with van der Waals surface area (Å²) in [7, 11) is 0. The molecular formula is C14H16FNO3. The SMILES string of the molecule is CC(=O)CC(=O)NC1CCCOc2ccc(F)cc21. The molecule has 102 valence electrons. The highest BCUT2D eigenvalue weighted by atomic mass is 19.1. The van der Waals surface area contributed by atoms with Crippen LogP contribution < -0.4 is 10.1 Å². The molecule has 4 nitrogen and oxygen atoms in total. The quantitative estimate of drug-likeness (QED) is 0.852. The molecule has 1 heterocycles. The van der Waals surface area contributed by atoms with Gasteiger partial charge in [-0.25, -0.2) is 4.39 Å². The highest BCUT2D eigenvalue weighted by Crippen LogP contribution is 2.32. The topological polar surface area (TPSA) is 55.4 Å². The fourth-order valence-electron chi connectivity index (χ4n) is 2.17. The van der Waals surface area contributed by atoms with E-state index in [0.717, 1.165) is 6.42 Å². The maximum atomic E-state index is 13.3. The van der Waals surface area contributed by atoms with E-state index in [-0.39, 0.29) is 30.0 Å². The van der Waals surface area contributed by atoms with Crippen LogP contribution in [0.2, 0.25) is 0 Å². The monoisotopic (exact) mass is 265 g/mol. The minimum atomic E-state index is -0.366. The minimum Gasteiger partial charge on any atom is -0.493 e. The molecule has 2 rings (SSSR count). The highest BCUT2D eigenvalue weighted by Gasteiger charge is 2.22. The molecule has 0 bridgehead atoms. The smallest absolute Gasteiger partial charge is 0.227 e. The fraction of sp³-hybridized carbons (Fsp3) is 0.429. The third-order valence-corrected chi connectivity index (χ3v) is 2.99. The van der Waals surface area contributed by atoms with Crippen LogP contribution in [0.4, 0.5) is 4.39 Å². The van der Waals surface area contributed by atoms with Crippen LogP contribution in [0.5, 0.6) is 5.75 Å². The number of carbonyl (C=O) groups is 2. The van der Waals surface area contributed by atoms with Crippen molar-refractivity contribution in [3.05, 3.63) is 29.6 Å². The number of carbonyl (C=O) groups excluding carboxylic acids is 2. The Morgan fingerprint density at radius 3 is 3.00 bits per heavy atom. The second-order valence-electron chi connectivity index (χ2n) is 4.67. The number of amides is 1. The Labute approximate surface area is 110 Å². The number of hydrogen-bond donors (Lipinski definition) is 1. The van der Waals surface area contributed by atoms with Gasteiger partial charge in [0.25, 0.3) is 0 Å². The largest absolute Gasteiger partial charge is 0.493 e. The van der Waals surface area contributed by atoms with Crippen LogP contribution >= 0.6 is 0 Å². The van der Waals surface area contributed by atoms with Crippen molar-refractivity contribution in [2.45, 2.75) is 32.2 Å². The van der Waals surface area contributed by atoms with Crippen LogP contribution in [0, 0.1) is 5.82 Å². The van der Waals surface area contributed by atoms with Crippen molar-refractivity contribution in [2.75, 3.05) is 6.61 Å². The van der Waals surface area contributed by atoms with Gasteiger partial charge in [0.15, 0.2) is 0 Å². The third-order valence-electron chi connectivity index (χ3n) is 2.99. The van der Waals surface area contributed by atoms with Gasteiger partial charge in [0.2, 0.25) is 5.91 Å². The molecule has 1 aromatic rings. The van der Waals surface area contributed by atoms with E-state index in [9.17, 15) is 14.0 Å². The zero-order valence-electron chi connectivity index (χ0n) is 10.7. The van der Waals surface area contributed by atoms with Crippen molar-refractivity contribution in [1.29, 1.82) is 0 Å². The van der Waals surface area contributed by atoms with E-state index in [0.29, 0.717) is 24.3 Å². The molecule has 1 atom stereocenters. The number of benzene rings is 1. The second kappa shape index (κ2) is 5.82. The molecule has 0 radical (unpaired) electrons. The Kier molecular flexibility index (Phi) is 4.14. The Morgan fingerprint density at radius 2 is 2.26 bits per heavy atom. The molecule has 0 aliphatic carbocycles. The van der Waals surface area contributed by atoms with E-state index in [1.165, 1.54) is 19.1 Å². The number of hydrogen-bond acceptors (Lipinski definition) is 3. The third kappa shape index (κ3) is 3.53. The number of halogens is 1. The van der Waals surface area contributed by atoms with Crippen molar-refractivity contribution in [3.8, 4) is 5.75 Å². The molecule has 1 N–H and O–H groups in total. The predicted octanol–water partition coefficient (Wildman–Crippen LogP) is 2.13. The maximum Gasteiger partial charge on any atom is 0.227 e. The highest BCUT2D eigenvalue weighted by molar-refractivity contribution is 5.96. The summed E-state index contributed by atoms with van der Waals surface area (Å²) in [4.78, 5) is 22.6. The lowest BCUT2D eigenvalue weighted by molar-refractivity contribution is -0.127. The summed E-state index contributed by atoms with van der Waals surface area (Å²) in [5.41, 5.74) is 0.634. The first-order chi connectivity index (χ1) is 9.06. The Hall–Kier alpha value is -1.91. The lowest BCUT2D eigenvalue weighted by Gasteiger charge is -2.18. The van der Waals surface area contributed by atoms with Gasteiger partial charge in [0.05, 0.1) is 19.1 Å². The van der Waals surface area contributed by atoms with E-state index in [2.05, 4.69) is 5.32 Å². The standard InChI is InChI=1S/C14H16FNO3/c1-9(17)7-14(18)16-12-3-2-6-19-13-5-4-10(15)8-11(12)13/h4-5,8,12H,2-3,6-7H2,1H3,(H,16,18). The van der Waals surface area contributed by atoms with E-state index >= 15 is 0 Å². The van der Waals surface area contributed by atoms with Crippen LogP contribution in [0.25, 0.3) is 0 Å². The number of Topliss-reactive ketones (excluding diaryl/α,β-unsaturated/α-hetero) is 1. The zero-order chi connectivity index (χ0) is 13.8. The first-order valence-electron chi connectivity index (χ1n) is 6.27. The van der Waals surface area contributed by atoms with Gasteiger partial charge < -0.3 is 10.1 Å². The molecule has 0 saturated heterocycles. The van der Waals surface area contributed by atoms with Crippen LogP contribution in [0.1, 0.15) is 37.8 Å². The molecule has 19 heavy (non-hydrogen) atoms. The van der Waals surface area contributed by atoms with Gasteiger partial charge in [-0.3, -0.25) is 9.59 Å². The minimum absolute atomic E-state index is 0.151. The lowest BCUT2D eigenvalue weighted by atomic mass is 10.0. The van der Waals surface area contributed by atoms with Crippen LogP contribution in [-0.4, -0.2) is 18.3 Å². The molecular weight excluding hydrogens is 249 g/mol. The molecule has 5 heteroatoms. The zero-order valence-corrected chi connectivity index (χ0v) is 10.7. The van der Waals surface area contributed by atoms with Gasteiger partial charge in [-0.1, -0.05) is 0 Å². The summed E-state index contributed by atoms with van der Waals surface area (Å²) in [6.45, 7) is 1.90. The summed E-state index contributed by atoms with van der Waals surface area (Å²) >= 11 is 0. The normalized spacial score (nSPS) is 17.9. The molecule has 1 unspecified atom stereocenters. The fourth-order valence-corrected chi connectivity index (χ4v) is 2.17. The average Bonchev–Trinajstić information content (AvgIpc) is 2.51. The Bertz CT molecular complexity index is 501.